The number of nitrogen functional groups attached to an aromatic ring is 1. The molecule has 0 spiro atoms. The van der Waals surface area contributed by atoms with Gasteiger partial charge in [0.1, 0.15) is 5.82 Å². The molecule has 2 heterocycles. The predicted octanol–water partition coefficient (Wildman–Crippen LogP) is 1.71. The Balaban J connectivity index is 2.62. The first-order valence-corrected chi connectivity index (χ1v) is 4.58. The third-order valence-corrected chi connectivity index (χ3v) is 2.24. The lowest BCUT2D eigenvalue weighted by Crippen LogP contribution is -1.95. The smallest absolute Gasteiger partial charge is 0.131 e. The standard InChI is InChI=1S/C11H12N4/c1-3-9-10(4-5-13-11(9)12)8-6-14-15(2)7-8/h3-7H,1H2,2H3,(H2,12,13). The fourth-order valence-corrected chi connectivity index (χ4v) is 1.52. The Morgan fingerprint density at radius 2 is 2.33 bits per heavy atom. The number of anilines is 1. The van der Waals surface area contributed by atoms with Gasteiger partial charge in [-0.25, -0.2) is 4.98 Å². The van der Waals surface area contributed by atoms with Crippen molar-refractivity contribution in [2.45, 2.75) is 0 Å². The molecular weight excluding hydrogens is 188 g/mol. The summed E-state index contributed by atoms with van der Waals surface area (Å²) in [5.41, 5.74) is 8.64. The SMILES string of the molecule is C=Cc1c(-c2cnn(C)c2)ccnc1N. The van der Waals surface area contributed by atoms with Gasteiger partial charge in [0.25, 0.3) is 0 Å². The minimum absolute atomic E-state index is 0.492. The number of aryl methyl sites for hydroxylation is 1. The summed E-state index contributed by atoms with van der Waals surface area (Å²) >= 11 is 0. The highest BCUT2D eigenvalue weighted by atomic mass is 15.2. The second-order valence-electron chi connectivity index (χ2n) is 3.26. The molecule has 2 aromatic rings. The Kier molecular flexibility index (Phi) is 2.25. The van der Waals surface area contributed by atoms with Crippen LogP contribution in [0.4, 0.5) is 5.82 Å². The first-order chi connectivity index (χ1) is 7.22. The van der Waals surface area contributed by atoms with Crippen molar-refractivity contribution in [3.8, 4) is 11.1 Å². The van der Waals surface area contributed by atoms with Crippen LogP contribution < -0.4 is 5.73 Å². The van der Waals surface area contributed by atoms with Crippen LogP contribution in [-0.2, 0) is 7.05 Å². The van der Waals surface area contributed by atoms with Crippen molar-refractivity contribution < 1.29 is 0 Å². The maximum absolute atomic E-state index is 5.77. The van der Waals surface area contributed by atoms with Crippen molar-refractivity contribution in [3.05, 3.63) is 36.8 Å². The van der Waals surface area contributed by atoms with E-state index in [1.54, 1.807) is 23.2 Å². The summed E-state index contributed by atoms with van der Waals surface area (Å²) in [5, 5.41) is 4.12. The molecule has 0 aliphatic carbocycles. The molecule has 2 N–H and O–H groups in total. The maximum atomic E-state index is 5.77. The van der Waals surface area contributed by atoms with Gasteiger partial charge in [0.05, 0.1) is 6.20 Å². The molecule has 0 saturated carbocycles. The highest BCUT2D eigenvalue weighted by Gasteiger charge is 2.07. The van der Waals surface area contributed by atoms with Gasteiger partial charge < -0.3 is 5.73 Å². The van der Waals surface area contributed by atoms with Crippen LogP contribution >= 0.6 is 0 Å². The summed E-state index contributed by atoms with van der Waals surface area (Å²) in [7, 11) is 1.88. The van der Waals surface area contributed by atoms with Crippen molar-refractivity contribution in [2.24, 2.45) is 7.05 Å². The summed E-state index contributed by atoms with van der Waals surface area (Å²) in [6.07, 6.45) is 7.12. The minimum Gasteiger partial charge on any atom is -0.383 e. The van der Waals surface area contributed by atoms with E-state index in [4.69, 9.17) is 5.73 Å². The van der Waals surface area contributed by atoms with Crippen LogP contribution in [0, 0.1) is 0 Å². The normalized spacial score (nSPS) is 10.2. The molecule has 0 aliphatic rings. The number of aromatic nitrogens is 3. The zero-order chi connectivity index (χ0) is 10.8. The summed E-state index contributed by atoms with van der Waals surface area (Å²) in [6.45, 7) is 3.74. The van der Waals surface area contributed by atoms with Crippen LogP contribution in [0.15, 0.2) is 31.2 Å². The van der Waals surface area contributed by atoms with E-state index in [1.165, 1.54) is 0 Å². The zero-order valence-electron chi connectivity index (χ0n) is 8.51. The van der Waals surface area contributed by atoms with Gasteiger partial charge in [0.2, 0.25) is 0 Å². The fourth-order valence-electron chi connectivity index (χ4n) is 1.52. The van der Waals surface area contributed by atoms with Crippen LogP contribution in [0.3, 0.4) is 0 Å². The highest BCUT2D eigenvalue weighted by molar-refractivity contribution is 5.79. The Morgan fingerprint density at radius 1 is 1.53 bits per heavy atom. The van der Waals surface area contributed by atoms with E-state index in [1.807, 2.05) is 19.3 Å². The molecule has 0 amide bonds. The Morgan fingerprint density at radius 3 is 2.93 bits per heavy atom. The van der Waals surface area contributed by atoms with E-state index in [0.29, 0.717) is 5.82 Å². The Labute approximate surface area is 88.1 Å². The highest BCUT2D eigenvalue weighted by Crippen LogP contribution is 2.26. The van der Waals surface area contributed by atoms with E-state index in [0.717, 1.165) is 16.7 Å². The van der Waals surface area contributed by atoms with Crippen molar-refractivity contribution in [3.63, 3.8) is 0 Å². The summed E-state index contributed by atoms with van der Waals surface area (Å²) < 4.78 is 1.75. The lowest BCUT2D eigenvalue weighted by molar-refractivity contribution is 0.768. The van der Waals surface area contributed by atoms with E-state index < -0.39 is 0 Å². The minimum atomic E-state index is 0.492. The zero-order valence-corrected chi connectivity index (χ0v) is 8.51. The number of rotatable bonds is 2. The van der Waals surface area contributed by atoms with Crippen LogP contribution in [0.25, 0.3) is 17.2 Å². The maximum Gasteiger partial charge on any atom is 0.131 e. The van der Waals surface area contributed by atoms with Crippen LogP contribution in [0.5, 0.6) is 0 Å². The van der Waals surface area contributed by atoms with Gasteiger partial charge in [-0.2, -0.15) is 5.10 Å². The molecule has 0 aromatic carbocycles. The third-order valence-electron chi connectivity index (χ3n) is 2.24. The number of hydrogen-bond acceptors (Lipinski definition) is 3. The molecule has 2 rings (SSSR count). The number of pyridine rings is 1. The molecule has 0 bridgehead atoms. The fraction of sp³-hybridized carbons (Fsp3) is 0.0909. The largest absolute Gasteiger partial charge is 0.383 e. The lowest BCUT2D eigenvalue weighted by Gasteiger charge is -2.05. The van der Waals surface area contributed by atoms with Crippen molar-refractivity contribution >= 4 is 11.9 Å². The van der Waals surface area contributed by atoms with Crippen LogP contribution in [-0.4, -0.2) is 14.8 Å². The van der Waals surface area contributed by atoms with Gasteiger partial charge in [0, 0.05) is 30.6 Å². The molecule has 76 valence electrons. The second kappa shape index (κ2) is 3.57. The molecular formula is C11H12N4. The second-order valence-corrected chi connectivity index (χ2v) is 3.26. The molecule has 4 heteroatoms. The molecule has 15 heavy (non-hydrogen) atoms. The molecule has 0 saturated heterocycles. The topological polar surface area (TPSA) is 56.7 Å². The number of hydrogen-bond donors (Lipinski definition) is 1. The van der Waals surface area contributed by atoms with Gasteiger partial charge in [-0.3, -0.25) is 4.68 Å². The summed E-state index contributed by atoms with van der Waals surface area (Å²) in [4.78, 5) is 4.02. The Hall–Kier alpha value is -2.10. The molecule has 0 radical (unpaired) electrons. The first kappa shape index (κ1) is 9.45. The van der Waals surface area contributed by atoms with Crippen LogP contribution in [0.1, 0.15) is 5.56 Å². The van der Waals surface area contributed by atoms with Gasteiger partial charge in [-0.15, -0.1) is 0 Å². The molecule has 0 unspecified atom stereocenters. The third kappa shape index (κ3) is 1.61. The predicted molar refractivity (Wildman–Crippen MR) is 60.9 cm³/mol. The molecule has 0 fully saturated rings. The van der Waals surface area contributed by atoms with E-state index in [9.17, 15) is 0 Å². The van der Waals surface area contributed by atoms with Gasteiger partial charge in [-0.05, 0) is 11.6 Å². The molecule has 4 nitrogen and oxygen atoms in total. The van der Waals surface area contributed by atoms with E-state index in [2.05, 4.69) is 16.7 Å². The Bertz CT molecular complexity index is 499. The van der Waals surface area contributed by atoms with Gasteiger partial charge in [0.15, 0.2) is 0 Å². The quantitative estimate of drug-likeness (QED) is 0.802. The summed E-state index contributed by atoms with van der Waals surface area (Å²) in [6, 6.07) is 1.91. The van der Waals surface area contributed by atoms with Crippen LogP contribution in [0.2, 0.25) is 0 Å². The lowest BCUT2D eigenvalue weighted by atomic mass is 10.0. The molecule has 0 atom stereocenters. The van der Waals surface area contributed by atoms with Gasteiger partial charge in [-0.1, -0.05) is 12.7 Å². The van der Waals surface area contributed by atoms with Crippen molar-refractivity contribution in [1.29, 1.82) is 0 Å². The monoisotopic (exact) mass is 200 g/mol. The van der Waals surface area contributed by atoms with Crippen molar-refractivity contribution in [1.82, 2.24) is 14.8 Å². The molecule has 2 aromatic heterocycles. The average Bonchev–Trinajstić information content (AvgIpc) is 2.64. The number of nitrogens with two attached hydrogens (primary N) is 1. The molecule has 0 aliphatic heterocycles. The van der Waals surface area contributed by atoms with Gasteiger partial charge >= 0.3 is 0 Å². The number of nitrogens with zero attached hydrogens (tertiary/aromatic N) is 3. The van der Waals surface area contributed by atoms with E-state index in [-0.39, 0.29) is 0 Å². The van der Waals surface area contributed by atoms with E-state index >= 15 is 0 Å². The van der Waals surface area contributed by atoms with Crippen molar-refractivity contribution in [2.75, 3.05) is 5.73 Å². The average molecular weight is 200 g/mol. The summed E-state index contributed by atoms with van der Waals surface area (Å²) in [5.74, 6) is 0.492. The first-order valence-electron chi connectivity index (χ1n) is 4.58.